The number of nitrogens with zero attached hydrogens (tertiary/aromatic N) is 2. The van der Waals surface area contributed by atoms with E-state index in [1.54, 1.807) is 41.2 Å². The van der Waals surface area contributed by atoms with Crippen LogP contribution < -0.4 is 10.1 Å². The number of aromatic nitrogens is 2. The summed E-state index contributed by atoms with van der Waals surface area (Å²) < 4.78 is 18.2. The van der Waals surface area contributed by atoms with Crippen molar-refractivity contribution in [1.82, 2.24) is 9.78 Å². The Kier molecular flexibility index (Phi) is 6.87. The van der Waals surface area contributed by atoms with Gasteiger partial charge < -0.3 is 19.5 Å². The van der Waals surface area contributed by atoms with E-state index in [1.165, 1.54) is 6.92 Å². The molecule has 8 nitrogen and oxygen atoms in total. The van der Waals surface area contributed by atoms with Crippen molar-refractivity contribution in [3.63, 3.8) is 0 Å². The molecule has 8 heteroatoms. The molecule has 156 valence electrons. The number of nitrogens with one attached hydrogen (secondary N) is 1. The molecule has 2 atom stereocenters. The van der Waals surface area contributed by atoms with Crippen LogP contribution in [0.4, 0.5) is 5.82 Å². The third-order valence-electron chi connectivity index (χ3n) is 4.61. The van der Waals surface area contributed by atoms with E-state index in [9.17, 15) is 9.59 Å². The van der Waals surface area contributed by atoms with E-state index in [0.717, 1.165) is 19.4 Å². The van der Waals surface area contributed by atoms with Crippen molar-refractivity contribution in [2.24, 2.45) is 0 Å². The Morgan fingerprint density at radius 2 is 2.00 bits per heavy atom. The van der Waals surface area contributed by atoms with Crippen molar-refractivity contribution in [2.75, 3.05) is 18.5 Å². The fourth-order valence-electron chi connectivity index (χ4n) is 2.99. The number of hydrogen-bond donors (Lipinski definition) is 1. The van der Waals surface area contributed by atoms with Crippen LogP contribution in [0.25, 0.3) is 0 Å². The van der Waals surface area contributed by atoms with E-state index in [0.29, 0.717) is 23.7 Å². The van der Waals surface area contributed by atoms with Crippen LogP contribution in [0.15, 0.2) is 36.5 Å². The second-order valence-electron chi connectivity index (χ2n) is 7.26. The lowest BCUT2D eigenvalue weighted by molar-refractivity contribution is -0.123. The van der Waals surface area contributed by atoms with Gasteiger partial charge in [-0.05, 0) is 57.9 Å². The first-order valence-electron chi connectivity index (χ1n) is 9.84. The number of carbonyl (C=O) groups is 2. The second kappa shape index (κ2) is 9.56. The maximum atomic E-state index is 12.4. The van der Waals surface area contributed by atoms with Gasteiger partial charge in [0, 0.05) is 18.7 Å². The number of hydrogen-bond acceptors (Lipinski definition) is 6. The smallest absolute Gasteiger partial charge is 0.338 e. The summed E-state index contributed by atoms with van der Waals surface area (Å²) in [5.41, 5.74) is 0.348. The van der Waals surface area contributed by atoms with Gasteiger partial charge in [0.25, 0.3) is 5.91 Å². The third-order valence-corrected chi connectivity index (χ3v) is 4.61. The van der Waals surface area contributed by atoms with E-state index in [4.69, 9.17) is 14.2 Å². The number of rotatable bonds is 8. The highest BCUT2D eigenvalue weighted by Gasteiger charge is 2.21. The molecule has 2 aromatic rings. The lowest BCUT2D eigenvalue weighted by Crippen LogP contribution is -2.31. The Morgan fingerprint density at radius 1 is 1.24 bits per heavy atom. The van der Waals surface area contributed by atoms with Crippen LogP contribution in [0.3, 0.4) is 0 Å². The Bertz CT molecular complexity index is 825. The summed E-state index contributed by atoms with van der Waals surface area (Å²) in [7, 11) is 0. The van der Waals surface area contributed by atoms with Gasteiger partial charge in [-0.3, -0.25) is 4.79 Å². The molecule has 3 rings (SSSR count). The number of benzene rings is 1. The lowest BCUT2D eigenvalue weighted by Gasteiger charge is -2.16. The molecule has 1 aliphatic rings. The van der Waals surface area contributed by atoms with E-state index in [-0.39, 0.29) is 12.1 Å². The van der Waals surface area contributed by atoms with Gasteiger partial charge in [-0.1, -0.05) is 0 Å². The average Bonchev–Trinajstić information content (AvgIpc) is 3.38. The normalized spacial score (nSPS) is 17.2. The van der Waals surface area contributed by atoms with Crippen molar-refractivity contribution in [2.45, 2.75) is 51.9 Å². The molecule has 0 saturated carbocycles. The van der Waals surface area contributed by atoms with Gasteiger partial charge in [0.1, 0.15) is 18.2 Å². The molecule has 1 N–H and O–H groups in total. The van der Waals surface area contributed by atoms with Gasteiger partial charge in [0.05, 0.1) is 17.9 Å². The van der Waals surface area contributed by atoms with Crippen LogP contribution in [-0.2, 0) is 14.3 Å². The Morgan fingerprint density at radius 3 is 2.66 bits per heavy atom. The van der Waals surface area contributed by atoms with Crippen LogP contribution in [0.2, 0.25) is 0 Å². The van der Waals surface area contributed by atoms with Gasteiger partial charge in [-0.15, -0.1) is 0 Å². The second-order valence-corrected chi connectivity index (χ2v) is 7.26. The highest BCUT2D eigenvalue weighted by Crippen LogP contribution is 2.18. The molecule has 1 saturated heterocycles. The zero-order valence-electron chi connectivity index (χ0n) is 17.0. The lowest BCUT2D eigenvalue weighted by atomic mass is 10.2. The zero-order valence-corrected chi connectivity index (χ0v) is 17.0. The average molecular weight is 401 g/mol. The minimum Gasteiger partial charge on any atom is -0.491 e. The van der Waals surface area contributed by atoms with Gasteiger partial charge in [-0.25, -0.2) is 9.48 Å². The van der Waals surface area contributed by atoms with Gasteiger partial charge in [0.2, 0.25) is 0 Å². The Hall–Kier alpha value is -2.87. The molecule has 29 heavy (non-hydrogen) atoms. The number of ether oxygens (including phenoxy) is 3. The minimum absolute atomic E-state index is 0.0964. The summed E-state index contributed by atoms with van der Waals surface area (Å²) in [6.45, 7) is 6.72. The van der Waals surface area contributed by atoms with Gasteiger partial charge >= 0.3 is 5.97 Å². The molecule has 0 radical (unpaired) electrons. The maximum Gasteiger partial charge on any atom is 0.338 e. The molecule has 0 unspecified atom stereocenters. The third kappa shape index (κ3) is 5.57. The zero-order chi connectivity index (χ0) is 20.8. The highest BCUT2D eigenvalue weighted by molar-refractivity contribution is 5.96. The quantitative estimate of drug-likeness (QED) is 0.683. The highest BCUT2D eigenvalue weighted by atomic mass is 16.5. The largest absolute Gasteiger partial charge is 0.491 e. The van der Waals surface area contributed by atoms with Crippen LogP contribution in [0.5, 0.6) is 5.75 Å². The van der Waals surface area contributed by atoms with Crippen LogP contribution >= 0.6 is 0 Å². The first-order chi connectivity index (χ1) is 13.9. The van der Waals surface area contributed by atoms with E-state index < -0.39 is 18.0 Å². The molecule has 0 bridgehead atoms. The van der Waals surface area contributed by atoms with Gasteiger partial charge in [0.15, 0.2) is 6.10 Å². The van der Waals surface area contributed by atoms with Crippen LogP contribution in [0.1, 0.15) is 50.0 Å². The van der Waals surface area contributed by atoms with E-state index in [1.807, 2.05) is 13.8 Å². The minimum atomic E-state index is -0.951. The van der Waals surface area contributed by atoms with Crippen LogP contribution in [-0.4, -0.2) is 47.1 Å². The molecule has 1 aromatic carbocycles. The Balaban J connectivity index is 1.50. The molecule has 1 aromatic heterocycles. The summed E-state index contributed by atoms with van der Waals surface area (Å²) in [6, 6.07) is 8.44. The topological polar surface area (TPSA) is 91.7 Å². The summed E-state index contributed by atoms with van der Waals surface area (Å²) in [4.78, 5) is 24.7. The van der Waals surface area contributed by atoms with Crippen LogP contribution in [0, 0.1) is 0 Å². The monoisotopic (exact) mass is 401 g/mol. The van der Waals surface area contributed by atoms with Crippen molar-refractivity contribution < 1.29 is 23.8 Å². The molecule has 1 aliphatic heterocycles. The summed E-state index contributed by atoms with van der Waals surface area (Å²) in [5.74, 6) is 0.221. The molecular weight excluding hydrogens is 374 g/mol. The summed E-state index contributed by atoms with van der Waals surface area (Å²) in [6.07, 6.45) is 2.85. The molecule has 1 amide bonds. The van der Waals surface area contributed by atoms with E-state index >= 15 is 0 Å². The number of anilines is 1. The summed E-state index contributed by atoms with van der Waals surface area (Å²) in [5, 5.41) is 6.89. The SMILES string of the molecule is CC(C)n1nccc1NC(=O)[C@@H](C)OC(=O)c1ccc(OC[C@@H]2CCCO2)cc1. The molecule has 1 fully saturated rings. The number of esters is 1. The van der Waals surface area contributed by atoms with Crippen molar-refractivity contribution in [1.29, 1.82) is 0 Å². The van der Waals surface area contributed by atoms with Crippen molar-refractivity contribution in [3.8, 4) is 5.75 Å². The van der Waals surface area contributed by atoms with E-state index in [2.05, 4.69) is 10.4 Å². The maximum absolute atomic E-state index is 12.4. The fourth-order valence-corrected chi connectivity index (χ4v) is 2.99. The van der Waals surface area contributed by atoms with Crippen molar-refractivity contribution in [3.05, 3.63) is 42.1 Å². The van der Waals surface area contributed by atoms with Gasteiger partial charge in [-0.2, -0.15) is 5.10 Å². The molecular formula is C21H27N3O5. The molecule has 0 spiro atoms. The predicted octanol–water partition coefficient (Wildman–Crippen LogP) is 3.21. The standard InChI is InChI=1S/C21H27N3O5/c1-14(2)24-19(10-11-22-24)23-20(25)15(3)29-21(26)16-6-8-17(9-7-16)28-13-18-5-4-12-27-18/h6-11,14-15,18H,4-5,12-13H2,1-3H3,(H,23,25)/t15-,18+/m1/s1. The van der Waals surface area contributed by atoms with Crippen molar-refractivity contribution >= 4 is 17.7 Å². The predicted molar refractivity (Wildman–Crippen MR) is 107 cm³/mol. The first-order valence-corrected chi connectivity index (χ1v) is 9.84. The Labute approximate surface area is 170 Å². The molecule has 2 heterocycles. The number of carbonyl (C=O) groups excluding carboxylic acids is 2. The fraction of sp³-hybridized carbons (Fsp3) is 0.476. The summed E-state index contributed by atoms with van der Waals surface area (Å²) >= 11 is 0. The molecule has 0 aliphatic carbocycles. The first kappa shape index (κ1) is 20.9. The number of amides is 1.